The summed E-state index contributed by atoms with van der Waals surface area (Å²) in [4.78, 5) is 12.3. The normalized spacial score (nSPS) is 10.6. The monoisotopic (exact) mass is 309 g/mol. The molecule has 2 heterocycles. The van der Waals surface area contributed by atoms with Crippen molar-refractivity contribution in [2.45, 2.75) is 25.0 Å². The van der Waals surface area contributed by atoms with Crippen molar-refractivity contribution >= 4 is 35.6 Å². The molecule has 0 aliphatic carbocycles. The number of aromatic nitrogens is 1. The number of carbonyl (C=O) groups is 1. The van der Waals surface area contributed by atoms with Crippen molar-refractivity contribution in [2.75, 3.05) is 12.3 Å². The smallest absolute Gasteiger partial charge is 0.350 e. The molecule has 0 aromatic carbocycles. The van der Waals surface area contributed by atoms with Crippen LogP contribution < -0.4 is 10.3 Å². The van der Waals surface area contributed by atoms with Crippen LogP contribution in [0, 0.1) is 13.8 Å². The van der Waals surface area contributed by atoms with Crippen LogP contribution in [0.2, 0.25) is 0 Å². The van der Waals surface area contributed by atoms with Gasteiger partial charge in [0.2, 0.25) is 0 Å². The average molecular weight is 309 g/mol. The number of anilines is 1. The van der Waals surface area contributed by atoms with Crippen molar-refractivity contribution in [1.29, 1.82) is 0 Å². The molecule has 0 unspecified atom stereocenters. The summed E-state index contributed by atoms with van der Waals surface area (Å²) in [5.74, 6) is -0.401. The summed E-state index contributed by atoms with van der Waals surface area (Å²) in [7, 11) is 0. The second-order valence-corrected chi connectivity index (χ2v) is 6.29. The minimum Gasteiger partial charge on any atom is -0.462 e. The number of hydrogen-bond donors (Lipinski definition) is 2. The van der Waals surface area contributed by atoms with E-state index in [4.69, 9.17) is 10.5 Å². The van der Waals surface area contributed by atoms with Gasteiger partial charge in [0.1, 0.15) is 14.8 Å². The lowest BCUT2D eigenvalue weighted by Crippen LogP contribution is -2.31. The predicted molar refractivity (Wildman–Crippen MR) is 82.9 cm³/mol. The molecule has 2 rings (SSSR count). The van der Waals surface area contributed by atoms with Crippen LogP contribution >= 0.6 is 24.0 Å². The Labute approximate surface area is 127 Å². The molecule has 0 spiro atoms. The first-order valence-corrected chi connectivity index (χ1v) is 7.48. The molecule has 0 saturated heterocycles. The van der Waals surface area contributed by atoms with E-state index in [0.717, 1.165) is 16.8 Å². The van der Waals surface area contributed by atoms with E-state index in [1.807, 2.05) is 30.8 Å². The van der Waals surface area contributed by atoms with E-state index in [-0.39, 0.29) is 0 Å². The number of aryl methyl sites for hydroxylation is 2. The molecule has 2 aromatic rings. The molecule has 0 radical (unpaired) electrons. The number of thiol groups is 1. The number of esters is 1. The molecule has 0 atom stereocenters. The van der Waals surface area contributed by atoms with E-state index < -0.39 is 5.97 Å². The Bertz CT molecular complexity index is 645. The van der Waals surface area contributed by atoms with Crippen LogP contribution in [-0.4, -0.2) is 12.6 Å². The van der Waals surface area contributed by atoms with Gasteiger partial charge in [-0.25, -0.2) is 4.79 Å². The van der Waals surface area contributed by atoms with Crippen LogP contribution in [0.25, 0.3) is 5.69 Å². The first-order valence-electron chi connectivity index (χ1n) is 6.22. The van der Waals surface area contributed by atoms with Gasteiger partial charge in [0.25, 0.3) is 5.69 Å². The third-order valence-electron chi connectivity index (χ3n) is 2.76. The van der Waals surface area contributed by atoms with Crippen LogP contribution in [0.15, 0.2) is 22.7 Å². The summed E-state index contributed by atoms with van der Waals surface area (Å²) in [6, 6.07) is 2.07. The van der Waals surface area contributed by atoms with E-state index in [2.05, 4.69) is 18.7 Å². The van der Waals surface area contributed by atoms with Crippen molar-refractivity contribution in [2.24, 2.45) is 0 Å². The Morgan fingerprint density at radius 1 is 1.40 bits per heavy atom. The van der Waals surface area contributed by atoms with Gasteiger partial charge < -0.3 is 10.5 Å². The van der Waals surface area contributed by atoms with Gasteiger partial charge in [-0.1, -0.05) is 0 Å². The summed E-state index contributed by atoms with van der Waals surface area (Å²) in [5, 5.41) is 0. The Morgan fingerprint density at radius 3 is 2.55 bits per heavy atom. The van der Waals surface area contributed by atoms with Crippen LogP contribution in [0.1, 0.15) is 27.7 Å². The SMILES string of the molecule is CCOC(=O)c1sc(S)c(-[n+]2cc(C)cc(C)c2)c1N. The molecule has 106 valence electrons. The standard InChI is InChI=1S/C14H16N2O2S2/c1-4-18-13(17)12-10(15)11(14(19)20-12)16-6-8(2)5-9(3)7-16/h5-7H,4H2,1-3H3,(H2-,15,17,19)/p+1. The minimum atomic E-state index is -0.401. The quantitative estimate of drug-likeness (QED) is 0.521. The third-order valence-corrected chi connectivity index (χ3v) is 4.22. The predicted octanol–water partition coefficient (Wildman–Crippen LogP) is 2.69. The fourth-order valence-corrected chi connectivity index (χ4v) is 3.42. The first-order chi connectivity index (χ1) is 9.43. The fraction of sp³-hybridized carbons (Fsp3) is 0.286. The second kappa shape index (κ2) is 5.85. The molecule has 2 aromatic heterocycles. The molecular weight excluding hydrogens is 292 g/mol. The summed E-state index contributed by atoms with van der Waals surface area (Å²) in [6.07, 6.45) is 3.92. The number of carbonyl (C=O) groups excluding carboxylic acids is 1. The molecule has 0 amide bonds. The Kier molecular flexibility index (Phi) is 4.35. The maximum Gasteiger partial charge on any atom is 0.350 e. The number of thiophene rings is 1. The van der Waals surface area contributed by atoms with Crippen molar-refractivity contribution in [3.63, 3.8) is 0 Å². The van der Waals surface area contributed by atoms with Gasteiger partial charge >= 0.3 is 5.97 Å². The van der Waals surface area contributed by atoms with E-state index >= 15 is 0 Å². The number of rotatable bonds is 3. The van der Waals surface area contributed by atoms with Crippen molar-refractivity contribution in [3.05, 3.63) is 34.5 Å². The molecular formula is C14H17N2O2S2+. The van der Waals surface area contributed by atoms with Gasteiger partial charge in [-0.2, -0.15) is 4.57 Å². The molecule has 0 bridgehead atoms. The van der Waals surface area contributed by atoms with Crippen molar-refractivity contribution in [1.82, 2.24) is 0 Å². The van der Waals surface area contributed by atoms with Crippen LogP contribution in [0.4, 0.5) is 5.69 Å². The van der Waals surface area contributed by atoms with E-state index in [1.165, 1.54) is 11.3 Å². The van der Waals surface area contributed by atoms with Gasteiger partial charge in [-0.05, 0) is 26.8 Å². The van der Waals surface area contributed by atoms with Crippen LogP contribution in [0.3, 0.4) is 0 Å². The number of hydrogen-bond acceptors (Lipinski definition) is 5. The van der Waals surface area contributed by atoms with Gasteiger partial charge in [-0.3, -0.25) is 0 Å². The maximum absolute atomic E-state index is 11.9. The number of nitrogen functional groups attached to an aromatic ring is 1. The highest BCUT2D eigenvalue weighted by Crippen LogP contribution is 2.34. The highest BCUT2D eigenvalue weighted by atomic mass is 32.2. The molecule has 6 heteroatoms. The molecule has 0 fully saturated rings. The van der Waals surface area contributed by atoms with E-state index in [1.54, 1.807) is 6.92 Å². The van der Waals surface area contributed by atoms with Gasteiger partial charge in [0, 0.05) is 11.1 Å². The minimum absolute atomic E-state index is 0.324. The molecule has 20 heavy (non-hydrogen) atoms. The molecule has 0 saturated carbocycles. The summed E-state index contributed by atoms with van der Waals surface area (Å²) >= 11 is 5.68. The fourth-order valence-electron chi connectivity index (χ4n) is 2.06. The number of nitrogens with two attached hydrogens (primary N) is 1. The second-order valence-electron chi connectivity index (χ2n) is 4.52. The molecule has 2 N–H and O–H groups in total. The largest absolute Gasteiger partial charge is 0.462 e. The Hall–Kier alpha value is -1.53. The first kappa shape index (κ1) is 14.9. The highest BCUT2D eigenvalue weighted by molar-refractivity contribution is 7.83. The lowest BCUT2D eigenvalue weighted by molar-refractivity contribution is -0.597. The zero-order valence-corrected chi connectivity index (χ0v) is 13.3. The molecule has 4 nitrogen and oxygen atoms in total. The van der Waals surface area contributed by atoms with Gasteiger partial charge in [0.15, 0.2) is 12.4 Å². The van der Waals surface area contributed by atoms with Gasteiger partial charge in [0.05, 0.1) is 6.61 Å². The topological polar surface area (TPSA) is 56.2 Å². The van der Waals surface area contributed by atoms with Crippen LogP contribution in [0.5, 0.6) is 0 Å². The van der Waals surface area contributed by atoms with Gasteiger partial charge in [-0.15, -0.1) is 24.0 Å². The molecule has 0 aliphatic heterocycles. The van der Waals surface area contributed by atoms with E-state index in [0.29, 0.717) is 21.4 Å². The number of pyridine rings is 1. The number of ether oxygens (including phenoxy) is 1. The van der Waals surface area contributed by atoms with Crippen LogP contribution in [-0.2, 0) is 4.74 Å². The number of nitrogens with zero attached hydrogens (tertiary/aromatic N) is 1. The van der Waals surface area contributed by atoms with Crippen molar-refractivity contribution in [3.8, 4) is 5.69 Å². The van der Waals surface area contributed by atoms with E-state index in [9.17, 15) is 4.79 Å². The summed E-state index contributed by atoms with van der Waals surface area (Å²) in [6.45, 7) is 6.11. The zero-order chi connectivity index (χ0) is 14.9. The van der Waals surface area contributed by atoms with Crippen molar-refractivity contribution < 1.29 is 14.1 Å². The lowest BCUT2D eigenvalue weighted by Gasteiger charge is -2.01. The Morgan fingerprint density at radius 2 is 2.00 bits per heavy atom. The highest BCUT2D eigenvalue weighted by Gasteiger charge is 2.27. The Balaban J connectivity index is 2.55. The maximum atomic E-state index is 11.9. The zero-order valence-electron chi connectivity index (χ0n) is 11.6. The molecule has 0 aliphatic rings. The third kappa shape index (κ3) is 2.81. The summed E-state index contributed by atoms with van der Waals surface area (Å²) in [5.41, 5.74) is 9.47. The summed E-state index contributed by atoms with van der Waals surface area (Å²) < 4.78 is 7.61. The average Bonchev–Trinajstić information content (AvgIpc) is 2.64. The lowest BCUT2D eigenvalue weighted by atomic mass is 10.2.